The monoisotopic (exact) mass is 432 g/mol. The molecule has 1 N–H and O–H groups in total. The van der Waals surface area contributed by atoms with E-state index in [0.717, 1.165) is 31.2 Å². The van der Waals surface area contributed by atoms with E-state index in [9.17, 15) is 9.59 Å². The van der Waals surface area contributed by atoms with Crippen LogP contribution in [0, 0.1) is 5.41 Å². The number of hydrogen-bond donors (Lipinski definition) is 1. The maximum absolute atomic E-state index is 12.6. The van der Waals surface area contributed by atoms with Gasteiger partial charge in [-0.2, -0.15) is 0 Å². The number of ether oxygens (including phenoxy) is 1. The minimum atomic E-state index is -0.179. The average molecular weight is 433 g/mol. The number of hydrogen-bond acceptors (Lipinski definition) is 4. The van der Waals surface area contributed by atoms with Crippen molar-refractivity contribution < 1.29 is 14.3 Å². The van der Waals surface area contributed by atoms with Crippen LogP contribution < -0.4 is 10.1 Å². The Balaban J connectivity index is 1.24. The van der Waals surface area contributed by atoms with Gasteiger partial charge >= 0.3 is 0 Å². The van der Waals surface area contributed by atoms with Crippen LogP contribution in [0.1, 0.15) is 48.5 Å². The number of amides is 1. The lowest BCUT2D eigenvalue weighted by Gasteiger charge is -2.70. The molecule has 1 aromatic heterocycles. The fraction of sp³-hybridized carbons (Fsp3) is 0.409. The molecule has 2 bridgehead atoms. The first kappa shape index (κ1) is 20.2. The fourth-order valence-corrected chi connectivity index (χ4v) is 4.93. The summed E-state index contributed by atoms with van der Waals surface area (Å²) in [7, 11) is 0. The number of carbonyl (C=O) groups is 2. The van der Waals surface area contributed by atoms with Gasteiger partial charge in [-0.25, -0.2) is 0 Å². The molecule has 0 unspecified atom stereocenters. The van der Waals surface area contributed by atoms with E-state index in [1.165, 1.54) is 0 Å². The molecule has 5 nitrogen and oxygen atoms in total. The predicted octanol–water partition coefficient (Wildman–Crippen LogP) is 4.64. The maximum atomic E-state index is 12.6. The molecule has 0 spiro atoms. The molecule has 29 heavy (non-hydrogen) atoms. The number of aromatic nitrogens is 1. The number of aryl methyl sites for hydroxylation is 1. The van der Waals surface area contributed by atoms with Crippen molar-refractivity contribution >= 4 is 34.9 Å². The van der Waals surface area contributed by atoms with Crippen LogP contribution in [0.4, 0.5) is 0 Å². The summed E-state index contributed by atoms with van der Waals surface area (Å²) in [6.07, 6.45) is 7.33. The summed E-state index contributed by atoms with van der Waals surface area (Å²) in [4.78, 5) is 29.0. The van der Waals surface area contributed by atoms with Crippen LogP contribution in [0.15, 0.2) is 36.7 Å². The molecule has 1 heterocycles. The molecule has 0 atom stereocenters. The number of pyridine rings is 1. The van der Waals surface area contributed by atoms with E-state index in [-0.39, 0.29) is 29.3 Å². The quantitative estimate of drug-likeness (QED) is 0.616. The first-order valence-corrected chi connectivity index (χ1v) is 10.4. The number of halogens is 2. The van der Waals surface area contributed by atoms with Gasteiger partial charge < -0.3 is 10.1 Å². The summed E-state index contributed by atoms with van der Waals surface area (Å²) in [5, 5.41) is 3.89. The van der Waals surface area contributed by atoms with Crippen LogP contribution in [0.25, 0.3) is 0 Å². The summed E-state index contributed by atoms with van der Waals surface area (Å²) in [5.74, 6) is 0.461. The number of nitrogens with one attached hydrogen (secondary N) is 1. The number of ketones is 1. The van der Waals surface area contributed by atoms with Gasteiger partial charge in [0, 0.05) is 36.0 Å². The van der Waals surface area contributed by atoms with E-state index in [0.29, 0.717) is 27.8 Å². The highest BCUT2D eigenvalue weighted by atomic mass is 35.5. The number of benzene rings is 1. The van der Waals surface area contributed by atoms with Crippen molar-refractivity contribution in [1.29, 1.82) is 0 Å². The van der Waals surface area contributed by atoms with Gasteiger partial charge in [-0.05, 0) is 54.9 Å². The van der Waals surface area contributed by atoms with Crippen LogP contribution in [0.3, 0.4) is 0 Å². The summed E-state index contributed by atoms with van der Waals surface area (Å²) < 4.78 is 5.49. The topological polar surface area (TPSA) is 68.3 Å². The van der Waals surface area contributed by atoms with Gasteiger partial charge in [0.05, 0.1) is 10.0 Å². The van der Waals surface area contributed by atoms with Crippen LogP contribution in [0.2, 0.25) is 10.0 Å². The highest BCUT2D eigenvalue weighted by Crippen LogP contribution is 2.69. The van der Waals surface area contributed by atoms with Gasteiger partial charge in [0.15, 0.2) is 12.4 Å². The van der Waals surface area contributed by atoms with E-state index < -0.39 is 0 Å². The summed E-state index contributed by atoms with van der Waals surface area (Å²) in [5.41, 5.74) is 1.60. The van der Waals surface area contributed by atoms with E-state index in [1.54, 1.807) is 30.6 Å². The molecule has 0 aliphatic heterocycles. The number of Topliss-reactive ketones (excluding diaryl/α,β-unsaturated/α-hetero) is 1. The molecule has 3 aliphatic rings. The van der Waals surface area contributed by atoms with E-state index >= 15 is 0 Å². The number of rotatable bonds is 8. The number of nitrogens with zero attached hydrogens (tertiary/aromatic N) is 1. The normalized spacial score (nSPS) is 24.2. The van der Waals surface area contributed by atoms with Gasteiger partial charge in [0.1, 0.15) is 5.75 Å². The van der Waals surface area contributed by atoms with E-state index in [1.807, 2.05) is 13.0 Å². The lowest BCUT2D eigenvalue weighted by Crippen LogP contribution is -2.75. The molecule has 3 saturated carbocycles. The molecule has 3 fully saturated rings. The lowest BCUT2D eigenvalue weighted by molar-refractivity contribution is -0.164. The first-order valence-electron chi connectivity index (χ1n) is 9.68. The van der Waals surface area contributed by atoms with Crippen molar-refractivity contribution in [3.8, 4) is 5.75 Å². The molecule has 1 amide bonds. The van der Waals surface area contributed by atoms with Crippen LogP contribution >= 0.6 is 23.2 Å². The molecule has 0 radical (unpaired) electrons. The zero-order valence-corrected chi connectivity index (χ0v) is 17.6. The Morgan fingerprint density at radius 1 is 1.14 bits per heavy atom. The largest absolute Gasteiger partial charge is 0.484 e. The molecule has 2 aromatic rings. The Bertz CT molecular complexity index is 957. The van der Waals surface area contributed by atoms with Crippen LogP contribution in [0.5, 0.6) is 5.75 Å². The highest BCUT2D eigenvalue weighted by Gasteiger charge is 2.68. The third kappa shape index (κ3) is 4.12. The van der Waals surface area contributed by atoms with Gasteiger partial charge in [-0.15, -0.1) is 0 Å². The number of carbonyl (C=O) groups excluding carboxylic acids is 2. The van der Waals surface area contributed by atoms with Crippen molar-refractivity contribution in [2.75, 3.05) is 6.61 Å². The molecule has 0 saturated heterocycles. The molecule has 7 heteroatoms. The SMILES string of the molecule is CCc1cncc(C(=O)CC23CC(NC(=O)COc4ccc(Cl)c(Cl)c4)(C2)C3)c1. The van der Waals surface area contributed by atoms with Gasteiger partial charge in [0.25, 0.3) is 5.91 Å². The lowest BCUT2D eigenvalue weighted by atomic mass is 9.38. The smallest absolute Gasteiger partial charge is 0.258 e. The predicted molar refractivity (Wildman–Crippen MR) is 112 cm³/mol. The third-order valence-electron chi connectivity index (χ3n) is 5.87. The minimum absolute atomic E-state index is 0.0249. The van der Waals surface area contributed by atoms with Gasteiger partial charge in [-0.1, -0.05) is 30.1 Å². The second-order valence-corrected chi connectivity index (χ2v) is 9.07. The standard InChI is InChI=1S/C22H22Cl2N2O3/c1-2-14-5-15(9-25-8-14)19(27)7-21-11-22(12-21,13-21)26-20(28)10-29-16-3-4-17(23)18(24)6-16/h3-6,8-9H,2,7,10-13H2,1H3,(H,26,28). The van der Waals surface area contributed by atoms with Gasteiger partial charge in [-0.3, -0.25) is 14.6 Å². The maximum Gasteiger partial charge on any atom is 0.258 e. The molecule has 1 aromatic carbocycles. The van der Waals surface area contributed by atoms with Crippen molar-refractivity contribution in [2.24, 2.45) is 5.41 Å². The Morgan fingerprint density at radius 3 is 2.59 bits per heavy atom. The van der Waals surface area contributed by atoms with Crippen LogP contribution in [-0.4, -0.2) is 28.8 Å². The third-order valence-corrected chi connectivity index (χ3v) is 6.61. The molecule has 152 valence electrons. The van der Waals surface area contributed by atoms with Crippen LogP contribution in [-0.2, 0) is 11.2 Å². The van der Waals surface area contributed by atoms with Gasteiger partial charge in [0.2, 0.25) is 0 Å². The zero-order valence-electron chi connectivity index (χ0n) is 16.1. The highest BCUT2D eigenvalue weighted by molar-refractivity contribution is 6.42. The van der Waals surface area contributed by atoms with E-state index in [2.05, 4.69) is 10.3 Å². The Hall–Kier alpha value is -2.11. The second kappa shape index (κ2) is 7.62. The Kier molecular flexibility index (Phi) is 5.30. The molecule has 3 aliphatic carbocycles. The van der Waals surface area contributed by atoms with Crippen molar-refractivity contribution in [3.63, 3.8) is 0 Å². The molecular weight excluding hydrogens is 411 g/mol. The molecule has 5 rings (SSSR count). The Morgan fingerprint density at radius 2 is 1.90 bits per heavy atom. The average Bonchev–Trinajstić information content (AvgIpc) is 2.66. The zero-order chi connectivity index (χ0) is 20.6. The molecular formula is C22H22Cl2N2O3. The summed E-state index contributed by atoms with van der Waals surface area (Å²) >= 11 is 11.8. The summed E-state index contributed by atoms with van der Waals surface area (Å²) in [6.45, 7) is 1.96. The fourth-order valence-electron chi connectivity index (χ4n) is 4.64. The second-order valence-electron chi connectivity index (χ2n) is 8.26. The van der Waals surface area contributed by atoms with Crippen molar-refractivity contribution in [1.82, 2.24) is 10.3 Å². The Labute approximate surface area is 179 Å². The minimum Gasteiger partial charge on any atom is -0.484 e. The first-order chi connectivity index (χ1) is 13.8. The van der Waals surface area contributed by atoms with Crippen molar-refractivity contribution in [2.45, 2.75) is 44.6 Å². The van der Waals surface area contributed by atoms with E-state index in [4.69, 9.17) is 27.9 Å². The van der Waals surface area contributed by atoms with Crippen molar-refractivity contribution in [3.05, 3.63) is 57.8 Å². The summed E-state index contributed by atoms with van der Waals surface area (Å²) in [6, 6.07) is 6.82.